The van der Waals surface area contributed by atoms with E-state index in [-0.39, 0.29) is 12.3 Å². The fourth-order valence-corrected chi connectivity index (χ4v) is 1.55. The van der Waals surface area contributed by atoms with Gasteiger partial charge in [0.05, 0.1) is 11.9 Å². The number of hydrogen-bond acceptors (Lipinski definition) is 3. The fraction of sp³-hybridized carbons (Fsp3) is 0.0667. The lowest BCUT2D eigenvalue weighted by atomic mass is 10.1. The number of halogens is 1. The first-order valence-electron chi connectivity index (χ1n) is 5.81. The van der Waals surface area contributed by atoms with Crippen molar-refractivity contribution in [2.75, 3.05) is 11.9 Å². The molecule has 1 heterocycles. The van der Waals surface area contributed by atoms with Crippen molar-refractivity contribution < 1.29 is 14.3 Å². The minimum absolute atomic E-state index is 0.0665. The van der Waals surface area contributed by atoms with Crippen molar-refractivity contribution in [2.45, 2.75) is 0 Å². The van der Waals surface area contributed by atoms with Gasteiger partial charge in [-0.25, -0.2) is 4.39 Å². The molecule has 0 aliphatic rings. The molecule has 5 heteroatoms. The normalized spacial score (nSPS) is 9.50. The minimum Gasteiger partial charge on any atom is -0.384 e. The number of hydrogen-bond donors (Lipinski definition) is 2. The van der Waals surface area contributed by atoms with Gasteiger partial charge in [0.15, 0.2) is 5.82 Å². The highest BCUT2D eigenvalue weighted by molar-refractivity contribution is 6.04. The topological polar surface area (TPSA) is 62.2 Å². The third-order valence-corrected chi connectivity index (χ3v) is 2.46. The van der Waals surface area contributed by atoms with Gasteiger partial charge in [0, 0.05) is 17.3 Å². The van der Waals surface area contributed by atoms with Crippen LogP contribution >= 0.6 is 0 Å². The number of aliphatic hydroxyl groups is 1. The van der Waals surface area contributed by atoms with Gasteiger partial charge in [0.25, 0.3) is 5.91 Å². The zero-order valence-electron chi connectivity index (χ0n) is 10.4. The molecule has 1 aromatic heterocycles. The standard InChI is InChI=1S/C15H11FN2O2/c16-13-10-17-7-6-14(13)18-15(20)12-5-1-3-11(9-12)4-2-8-19/h1,3,5-7,9-10,19H,8H2,(H,17,18,20). The molecule has 20 heavy (non-hydrogen) atoms. The van der Waals surface area contributed by atoms with Crippen molar-refractivity contribution in [1.29, 1.82) is 0 Å². The molecule has 0 spiro atoms. The Morgan fingerprint density at radius 2 is 2.25 bits per heavy atom. The molecule has 0 saturated carbocycles. The Morgan fingerprint density at radius 1 is 1.40 bits per heavy atom. The number of benzene rings is 1. The zero-order valence-corrected chi connectivity index (χ0v) is 10.4. The molecular formula is C15H11FN2O2. The van der Waals surface area contributed by atoms with E-state index < -0.39 is 11.7 Å². The number of aromatic nitrogens is 1. The summed E-state index contributed by atoms with van der Waals surface area (Å²) < 4.78 is 13.4. The lowest BCUT2D eigenvalue weighted by Crippen LogP contribution is -2.13. The van der Waals surface area contributed by atoms with Crippen LogP contribution in [0.5, 0.6) is 0 Å². The van der Waals surface area contributed by atoms with Gasteiger partial charge >= 0.3 is 0 Å². The third-order valence-electron chi connectivity index (χ3n) is 2.46. The van der Waals surface area contributed by atoms with Crippen molar-refractivity contribution in [3.63, 3.8) is 0 Å². The largest absolute Gasteiger partial charge is 0.384 e. The molecule has 0 atom stereocenters. The first-order chi connectivity index (χ1) is 9.70. The van der Waals surface area contributed by atoms with Crippen LogP contribution in [0.1, 0.15) is 15.9 Å². The first-order valence-corrected chi connectivity index (χ1v) is 5.81. The average molecular weight is 270 g/mol. The summed E-state index contributed by atoms with van der Waals surface area (Å²) in [6.45, 7) is -0.251. The monoisotopic (exact) mass is 270 g/mol. The highest BCUT2D eigenvalue weighted by Gasteiger charge is 2.09. The quantitative estimate of drug-likeness (QED) is 0.818. The molecular weight excluding hydrogens is 259 g/mol. The number of carbonyl (C=O) groups is 1. The van der Waals surface area contributed by atoms with Gasteiger partial charge < -0.3 is 10.4 Å². The van der Waals surface area contributed by atoms with Crippen LogP contribution in [0.25, 0.3) is 0 Å². The number of rotatable bonds is 2. The van der Waals surface area contributed by atoms with E-state index >= 15 is 0 Å². The van der Waals surface area contributed by atoms with Gasteiger partial charge in [-0.2, -0.15) is 0 Å². The lowest BCUT2D eigenvalue weighted by molar-refractivity contribution is 0.102. The Kier molecular flexibility index (Phi) is 4.43. The maximum Gasteiger partial charge on any atom is 0.255 e. The predicted octanol–water partition coefficient (Wildman–Crippen LogP) is 1.82. The predicted molar refractivity (Wildman–Crippen MR) is 72.6 cm³/mol. The highest BCUT2D eigenvalue weighted by atomic mass is 19.1. The van der Waals surface area contributed by atoms with Crippen molar-refractivity contribution in [1.82, 2.24) is 4.98 Å². The van der Waals surface area contributed by atoms with E-state index in [1.54, 1.807) is 24.3 Å². The summed E-state index contributed by atoms with van der Waals surface area (Å²) in [5, 5.41) is 11.1. The Bertz CT molecular complexity index is 690. The highest BCUT2D eigenvalue weighted by Crippen LogP contribution is 2.13. The first kappa shape index (κ1) is 13.7. The van der Waals surface area contributed by atoms with Gasteiger partial charge in [-0.1, -0.05) is 17.9 Å². The van der Waals surface area contributed by atoms with Crippen molar-refractivity contribution >= 4 is 11.6 Å². The zero-order chi connectivity index (χ0) is 14.4. The van der Waals surface area contributed by atoms with Crippen LogP contribution in [-0.2, 0) is 0 Å². The molecule has 1 aromatic carbocycles. The van der Waals surface area contributed by atoms with Gasteiger partial charge in [-0.05, 0) is 24.3 Å². The SMILES string of the molecule is O=C(Nc1ccncc1F)c1cccc(C#CCO)c1. The molecule has 1 amide bonds. The molecule has 2 N–H and O–H groups in total. The number of anilines is 1. The molecule has 0 aliphatic heterocycles. The van der Waals surface area contributed by atoms with E-state index in [1.165, 1.54) is 12.3 Å². The van der Waals surface area contributed by atoms with Gasteiger partial charge in [-0.15, -0.1) is 0 Å². The number of nitrogens with one attached hydrogen (secondary N) is 1. The Hall–Kier alpha value is -2.71. The second-order valence-electron chi connectivity index (χ2n) is 3.85. The van der Waals surface area contributed by atoms with E-state index in [0.29, 0.717) is 11.1 Å². The maximum absolute atomic E-state index is 13.4. The molecule has 0 bridgehead atoms. The molecule has 4 nitrogen and oxygen atoms in total. The van der Waals surface area contributed by atoms with Gasteiger partial charge in [0.1, 0.15) is 6.61 Å². The fourth-order valence-electron chi connectivity index (χ4n) is 1.55. The minimum atomic E-state index is -0.600. The number of amides is 1. The van der Waals surface area contributed by atoms with Crippen LogP contribution in [0.4, 0.5) is 10.1 Å². The second-order valence-corrected chi connectivity index (χ2v) is 3.85. The summed E-state index contributed by atoms with van der Waals surface area (Å²) in [7, 11) is 0. The molecule has 0 unspecified atom stereocenters. The van der Waals surface area contributed by atoms with E-state index in [9.17, 15) is 9.18 Å². The summed E-state index contributed by atoms with van der Waals surface area (Å²) in [4.78, 5) is 15.6. The number of aliphatic hydroxyl groups excluding tert-OH is 1. The molecule has 2 aromatic rings. The lowest BCUT2D eigenvalue weighted by Gasteiger charge is -2.06. The Labute approximate surface area is 115 Å². The summed E-state index contributed by atoms with van der Waals surface area (Å²) in [6.07, 6.45) is 2.42. The van der Waals surface area contributed by atoms with Crippen molar-refractivity contribution in [3.05, 3.63) is 59.7 Å². The van der Waals surface area contributed by atoms with Crippen LogP contribution < -0.4 is 5.32 Å². The van der Waals surface area contributed by atoms with E-state index in [2.05, 4.69) is 22.1 Å². The van der Waals surface area contributed by atoms with Crippen LogP contribution in [0.2, 0.25) is 0 Å². The molecule has 0 fully saturated rings. The second kappa shape index (κ2) is 6.45. The van der Waals surface area contributed by atoms with Crippen molar-refractivity contribution in [3.8, 4) is 11.8 Å². The van der Waals surface area contributed by atoms with Gasteiger partial charge in [-0.3, -0.25) is 9.78 Å². The number of pyridine rings is 1. The summed E-state index contributed by atoms with van der Waals surface area (Å²) in [5.41, 5.74) is 1.02. The smallest absolute Gasteiger partial charge is 0.255 e. The summed E-state index contributed by atoms with van der Waals surface area (Å²) >= 11 is 0. The van der Waals surface area contributed by atoms with E-state index in [1.807, 2.05) is 0 Å². The molecule has 100 valence electrons. The summed E-state index contributed by atoms with van der Waals surface area (Å²) in [5.74, 6) is 4.15. The number of carbonyl (C=O) groups excluding carboxylic acids is 1. The van der Waals surface area contributed by atoms with Crippen LogP contribution in [0, 0.1) is 17.7 Å². The van der Waals surface area contributed by atoms with Crippen LogP contribution in [-0.4, -0.2) is 22.6 Å². The third kappa shape index (κ3) is 3.40. The average Bonchev–Trinajstić information content (AvgIpc) is 2.48. The molecule has 0 aliphatic carbocycles. The molecule has 0 saturated heterocycles. The van der Waals surface area contributed by atoms with E-state index in [4.69, 9.17) is 5.11 Å². The Balaban J connectivity index is 2.19. The Morgan fingerprint density at radius 3 is 3.00 bits per heavy atom. The number of nitrogens with zero attached hydrogens (tertiary/aromatic N) is 1. The molecule has 0 radical (unpaired) electrons. The maximum atomic E-state index is 13.4. The molecule has 2 rings (SSSR count). The van der Waals surface area contributed by atoms with Gasteiger partial charge in [0.2, 0.25) is 0 Å². The van der Waals surface area contributed by atoms with Crippen molar-refractivity contribution in [2.24, 2.45) is 0 Å². The summed E-state index contributed by atoms with van der Waals surface area (Å²) in [6, 6.07) is 7.92. The van der Waals surface area contributed by atoms with Crippen LogP contribution in [0.3, 0.4) is 0 Å². The van der Waals surface area contributed by atoms with E-state index in [0.717, 1.165) is 6.20 Å². The van der Waals surface area contributed by atoms with Crippen LogP contribution in [0.15, 0.2) is 42.7 Å².